The Morgan fingerprint density at radius 2 is 1.79 bits per heavy atom. The molecule has 76 valence electrons. The number of halogens is 3. The van der Waals surface area contributed by atoms with E-state index in [1.807, 2.05) is 6.07 Å². The number of rotatable bonds is 2. The zero-order valence-corrected chi connectivity index (χ0v) is 7.38. The molecule has 1 fully saturated rings. The Bertz CT molecular complexity index is 307. The molecule has 1 nitrogen and oxygen atoms in total. The molecule has 0 amide bonds. The summed E-state index contributed by atoms with van der Waals surface area (Å²) in [5, 5.41) is 2.85. The third-order valence-electron chi connectivity index (χ3n) is 2.34. The second-order valence-corrected chi connectivity index (χ2v) is 3.50. The van der Waals surface area contributed by atoms with Crippen LogP contribution in [0.2, 0.25) is 0 Å². The predicted molar refractivity (Wildman–Crippen MR) is 48.0 cm³/mol. The number of anilines is 1. The molecule has 0 radical (unpaired) electrons. The topological polar surface area (TPSA) is 12.0 Å². The quantitative estimate of drug-likeness (QED) is 0.775. The largest absolute Gasteiger partial charge is 0.393 e. The van der Waals surface area contributed by atoms with E-state index in [4.69, 9.17) is 0 Å². The van der Waals surface area contributed by atoms with Gasteiger partial charge in [0.1, 0.15) is 0 Å². The van der Waals surface area contributed by atoms with E-state index in [1.54, 1.807) is 24.3 Å². The average Bonchev–Trinajstić information content (AvgIpc) is 2.85. The molecule has 2 unspecified atom stereocenters. The van der Waals surface area contributed by atoms with Gasteiger partial charge in [-0.15, -0.1) is 0 Å². The summed E-state index contributed by atoms with van der Waals surface area (Å²) in [4.78, 5) is 0. The normalized spacial score (nSPS) is 25.9. The molecule has 0 aromatic heterocycles. The molecule has 1 saturated carbocycles. The van der Waals surface area contributed by atoms with Crippen molar-refractivity contribution >= 4 is 5.69 Å². The van der Waals surface area contributed by atoms with E-state index in [0.717, 1.165) is 5.69 Å². The van der Waals surface area contributed by atoms with Crippen LogP contribution in [0.15, 0.2) is 30.3 Å². The van der Waals surface area contributed by atoms with Crippen molar-refractivity contribution in [2.45, 2.75) is 18.6 Å². The van der Waals surface area contributed by atoms with Gasteiger partial charge in [0.05, 0.1) is 5.92 Å². The van der Waals surface area contributed by atoms with Gasteiger partial charge in [-0.25, -0.2) is 0 Å². The molecule has 14 heavy (non-hydrogen) atoms. The molecule has 2 atom stereocenters. The molecule has 1 aromatic carbocycles. The first-order valence-corrected chi connectivity index (χ1v) is 4.45. The van der Waals surface area contributed by atoms with Crippen molar-refractivity contribution in [2.75, 3.05) is 5.32 Å². The van der Waals surface area contributed by atoms with Gasteiger partial charge < -0.3 is 5.32 Å². The van der Waals surface area contributed by atoms with Crippen LogP contribution >= 0.6 is 0 Å². The van der Waals surface area contributed by atoms with Gasteiger partial charge in [0, 0.05) is 11.7 Å². The zero-order chi connectivity index (χ0) is 10.2. The summed E-state index contributed by atoms with van der Waals surface area (Å²) in [6.07, 6.45) is -3.86. The third-order valence-corrected chi connectivity index (χ3v) is 2.34. The minimum Gasteiger partial charge on any atom is -0.382 e. The maximum Gasteiger partial charge on any atom is 0.393 e. The smallest absolute Gasteiger partial charge is 0.382 e. The minimum absolute atomic E-state index is 0.193. The Kier molecular flexibility index (Phi) is 2.13. The van der Waals surface area contributed by atoms with Crippen molar-refractivity contribution in [1.82, 2.24) is 0 Å². The van der Waals surface area contributed by atoms with Crippen LogP contribution in [0.4, 0.5) is 18.9 Å². The molecule has 0 bridgehead atoms. The Balaban J connectivity index is 1.91. The Labute approximate surface area is 79.9 Å². The lowest BCUT2D eigenvalue weighted by atomic mass is 10.3. The van der Waals surface area contributed by atoms with Crippen LogP contribution in [0.1, 0.15) is 6.42 Å². The van der Waals surface area contributed by atoms with Crippen LogP contribution in [-0.4, -0.2) is 12.2 Å². The lowest BCUT2D eigenvalue weighted by Gasteiger charge is -2.07. The number of alkyl halides is 3. The van der Waals surface area contributed by atoms with E-state index in [1.165, 1.54) is 0 Å². The van der Waals surface area contributed by atoms with Gasteiger partial charge in [0.2, 0.25) is 0 Å². The van der Waals surface area contributed by atoms with E-state index in [9.17, 15) is 13.2 Å². The fraction of sp³-hybridized carbons (Fsp3) is 0.400. The second kappa shape index (κ2) is 3.19. The number of nitrogens with one attached hydrogen (secondary N) is 1. The minimum atomic E-state index is -4.05. The molecule has 0 saturated heterocycles. The summed E-state index contributed by atoms with van der Waals surface area (Å²) in [6, 6.07) is 8.54. The van der Waals surface area contributed by atoms with Crippen LogP contribution < -0.4 is 5.32 Å². The van der Waals surface area contributed by atoms with Crippen molar-refractivity contribution in [3.63, 3.8) is 0 Å². The first kappa shape index (κ1) is 9.37. The first-order chi connectivity index (χ1) is 6.57. The number of benzene rings is 1. The van der Waals surface area contributed by atoms with Crippen LogP contribution in [0.25, 0.3) is 0 Å². The second-order valence-electron chi connectivity index (χ2n) is 3.50. The van der Waals surface area contributed by atoms with Crippen molar-refractivity contribution in [2.24, 2.45) is 5.92 Å². The summed E-state index contributed by atoms with van der Waals surface area (Å²) in [6.45, 7) is 0. The predicted octanol–water partition coefficient (Wildman–Crippen LogP) is 3.05. The van der Waals surface area contributed by atoms with Crippen LogP contribution in [0.5, 0.6) is 0 Å². The molecule has 0 heterocycles. The highest BCUT2D eigenvalue weighted by Gasteiger charge is 2.55. The van der Waals surface area contributed by atoms with Crippen LogP contribution in [0, 0.1) is 5.92 Å². The summed E-state index contributed by atoms with van der Waals surface area (Å²) < 4.78 is 36.5. The highest BCUT2D eigenvalue weighted by Crippen LogP contribution is 2.45. The highest BCUT2D eigenvalue weighted by atomic mass is 19.4. The molecule has 4 heteroatoms. The van der Waals surface area contributed by atoms with Gasteiger partial charge in [-0.3, -0.25) is 0 Å². The van der Waals surface area contributed by atoms with Crippen molar-refractivity contribution < 1.29 is 13.2 Å². The van der Waals surface area contributed by atoms with E-state index < -0.39 is 18.1 Å². The fourth-order valence-corrected chi connectivity index (χ4v) is 1.46. The standard InChI is InChI=1S/C10H10F3N/c11-10(12,13)8-6-9(8)14-7-4-2-1-3-5-7/h1-5,8-9,14H,6H2. The zero-order valence-electron chi connectivity index (χ0n) is 7.38. The Morgan fingerprint density at radius 3 is 2.29 bits per heavy atom. The lowest BCUT2D eigenvalue weighted by Crippen LogP contribution is -2.17. The molecule has 1 aliphatic carbocycles. The monoisotopic (exact) mass is 201 g/mol. The Hall–Kier alpha value is -1.19. The number of hydrogen-bond donors (Lipinski definition) is 1. The van der Waals surface area contributed by atoms with Crippen molar-refractivity contribution in [1.29, 1.82) is 0 Å². The van der Waals surface area contributed by atoms with Gasteiger partial charge >= 0.3 is 6.18 Å². The molecule has 1 aromatic rings. The van der Waals surface area contributed by atoms with Gasteiger partial charge in [-0.2, -0.15) is 13.2 Å². The average molecular weight is 201 g/mol. The molecular weight excluding hydrogens is 191 g/mol. The maximum absolute atomic E-state index is 12.2. The molecular formula is C10H10F3N. The van der Waals surface area contributed by atoms with Crippen LogP contribution in [-0.2, 0) is 0 Å². The van der Waals surface area contributed by atoms with Crippen molar-refractivity contribution in [3.8, 4) is 0 Å². The Morgan fingerprint density at radius 1 is 1.14 bits per heavy atom. The van der Waals surface area contributed by atoms with E-state index in [0.29, 0.717) is 0 Å². The van der Waals surface area contributed by atoms with E-state index >= 15 is 0 Å². The third kappa shape index (κ3) is 2.00. The SMILES string of the molecule is FC(F)(F)C1CC1Nc1ccccc1. The molecule has 1 aliphatic rings. The van der Waals surface area contributed by atoms with Gasteiger partial charge in [0.25, 0.3) is 0 Å². The molecule has 1 N–H and O–H groups in total. The summed E-state index contributed by atoms with van der Waals surface area (Å²) in [5.74, 6) is -1.16. The van der Waals surface area contributed by atoms with Gasteiger partial charge in [-0.05, 0) is 18.6 Å². The van der Waals surface area contributed by atoms with E-state index in [-0.39, 0.29) is 6.42 Å². The summed E-state index contributed by atoms with van der Waals surface area (Å²) in [5.41, 5.74) is 0.754. The van der Waals surface area contributed by atoms with Crippen LogP contribution in [0.3, 0.4) is 0 Å². The van der Waals surface area contributed by atoms with Gasteiger partial charge in [-0.1, -0.05) is 18.2 Å². The maximum atomic E-state index is 12.2. The lowest BCUT2D eigenvalue weighted by molar-refractivity contribution is -0.147. The number of para-hydroxylation sites is 1. The summed E-state index contributed by atoms with van der Waals surface area (Å²) in [7, 11) is 0. The first-order valence-electron chi connectivity index (χ1n) is 4.45. The van der Waals surface area contributed by atoms with E-state index in [2.05, 4.69) is 5.32 Å². The van der Waals surface area contributed by atoms with Crippen molar-refractivity contribution in [3.05, 3.63) is 30.3 Å². The molecule has 0 aliphatic heterocycles. The highest BCUT2D eigenvalue weighted by molar-refractivity contribution is 5.45. The molecule has 2 rings (SSSR count). The number of hydrogen-bond acceptors (Lipinski definition) is 1. The van der Waals surface area contributed by atoms with Gasteiger partial charge in [0.15, 0.2) is 0 Å². The fourth-order valence-electron chi connectivity index (χ4n) is 1.46. The molecule has 0 spiro atoms. The summed E-state index contributed by atoms with van der Waals surface area (Å²) >= 11 is 0.